The van der Waals surface area contributed by atoms with Crippen molar-refractivity contribution < 1.29 is 18.3 Å². The maximum atomic E-state index is 12.5. The quantitative estimate of drug-likeness (QED) is 0.598. The summed E-state index contributed by atoms with van der Waals surface area (Å²) in [4.78, 5) is 12.5. The summed E-state index contributed by atoms with van der Waals surface area (Å²) in [5.74, 6) is 0.235. The van der Waals surface area contributed by atoms with Crippen LogP contribution in [0.5, 0.6) is 5.75 Å². The van der Waals surface area contributed by atoms with Crippen molar-refractivity contribution in [1.82, 2.24) is 14.8 Å². The van der Waals surface area contributed by atoms with Crippen LogP contribution in [-0.2, 0) is 11.8 Å². The van der Waals surface area contributed by atoms with Crippen molar-refractivity contribution in [2.75, 3.05) is 5.32 Å². The van der Waals surface area contributed by atoms with E-state index >= 15 is 0 Å². The zero-order valence-corrected chi connectivity index (χ0v) is 16.0. The van der Waals surface area contributed by atoms with E-state index in [4.69, 9.17) is 0 Å². The minimum Gasteiger partial charge on any atom is -0.433 e. The summed E-state index contributed by atoms with van der Waals surface area (Å²) >= 11 is 1.22. The average molecular weight is 404 g/mol. The van der Waals surface area contributed by atoms with Gasteiger partial charge in [0, 0.05) is 12.6 Å². The van der Waals surface area contributed by atoms with Crippen LogP contribution in [0.2, 0.25) is 0 Å². The van der Waals surface area contributed by atoms with Crippen LogP contribution in [0.25, 0.3) is 11.4 Å². The predicted molar refractivity (Wildman–Crippen MR) is 103 cm³/mol. The van der Waals surface area contributed by atoms with Crippen LogP contribution in [0.3, 0.4) is 0 Å². The molecule has 1 heterocycles. The average Bonchev–Trinajstić information content (AvgIpc) is 3.04. The number of nitrogens with one attached hydrogen (secondary N) is 1. The number of amides is 1. The first-order chi connectivity index (χ1) is 13.5. The van der Waals surface area contributed by atoms with Gasteiger partial charge < -0.3 is 14.6 Å². The highest BCUT2D eigenvalue weighted by Crippen LogP contribution is 2.29. The molecule has 0 fully saturated rings. The third-order valence-corrected chi connectivity index (χ3v) is 5.01. The van der Waals surface area contributed by atoms with Crippen molar-refractivity contribution in [2.45, 2.75) is 23.9 Å². The second-order valence-electron chi connectivity index (χ2n) is 5.86. The smallest absolute Gasteiger partial charge is 0.387 e. The molecule has 6 nitrogen and oxygen atoms in total. The molecule has 0 bridgehead atoms. The van der Waals surface area contributed by atoms with E-state index in [1.54, 1.807) is 23.6 Å². The standard InChI is InChI=1S/C19H18F2N4O2S/c1-12(17(26)22-14-10-6-7-11-15(14)27-18(20)21)28-19-24-23-16(25(19)2)13-8-4-3-5-9-13/h3-12,18H,1-2H3,(H,22,26)/t12-/m0/s1. The Morgan fingerprint density at radius 2 is 1.79 bits per heavy atom. The summed E-state index contributed by atoms with van der Waals surface area (Å²) in [6.45, 7) is -1.27. The highest BCUT2D eigenvalue weighted by Gasteiger charge is 2.21. The minimum atomic E-state index is -2.97. The fourth-order valence-corrected chi connectivity index (χ4v) is 3.29. The van der Waals surface area contributed by atoms with Gasteiger partial charge in [-0.3, -0.25) is 4.79 Å². The van der Waals surface area contributed by atoms with Crippen molar-refractivity contribution in [3.63, 3.8) is 0 Å². The lowest BCUT2D eigenvalue weighted by Gasteiger charge is -2.14. The molecular formula is C19H18F2N4O2S. The molecule has 146 valence electrons. The lowest BCUT2D eigenvalue weighted by molar-refractivity contribution is -0.115. The van der Waals surface area contributed by atoms with Crippen molar-refractivity contribution in [1.29, 1.82) is 0 Å². The third-order valence-electron chi connectivity index (χ3n) is 3.88. The van der Waals surface area contributed by atoms with Crippen LogP contribution >= 0.6 is 11.8 Å². The molecule has 28 heavy (non-hydrogen) atoms. The highest BCUT2D eigenvalue weighted by molar-refractivity contribution is 8.00. The maximum absolute atomic E-state index is 12.5. The Labute approximate surface area is 164 Å². The number of nitrogens with zero attached hydrogens (tertiary/aromatic N) is 3. The Bertz CT molecular complexity index is 950. The number of halogens is 2. The minimum absolute atomic E-state index is 0.0897. The second kappa shape index (κ2) is 8.83. The monoisotopic (exact) mass is 404 g/mol. The Balaban J connectivity index is 1.70. The number of hydrogen-bond acceptors (Lipinski definition) is 5. The Hall–Kier alpha value is -2.94. The molecule has 3 rings (SSSR count). The van der Waals surface area contributed by atoms with Crippen LogP contribution in [0.4, 0.5) is 14.5 Å². The molecule has 1 amide bonds. The molecule has 0 radical (unpaired) electrons. The summed E-state index contributed by atoms with van der Waals surface area (Å²) in [7, 11) is 1.82. The lowest BCUT2D eigenvalue weighted by Crippen LogP contribution is -2.23. The van der Waals surface area contributed by atoms with Gasteiger partial charge in [0.15, 0.2) is 11.0 Å². The van der Waals surface area contributed by atoms with E-state index in [1.807, 2.05) is 37.4 Å². The molecule has 0 saturated carbocycles. The van der Waals surface area contributed by atoms with E-state index in [9.17, 15) is 13.6 Å². The molecular weight excluding hydrogens is 386 g/mol. The number of alkyl halides is 2. The molecule has 0 spiro atoms. The second-order valence-corrected chi connectivity index (χ2v) is 7.16. The van der Waals surface area contributed by atoms with E-state index in [0.717, 1.165) is 5.56 Å². The van der Waals surface area contributed by atoms with Crippen molar-refractivity contribution >= 4 is 23.4 Å². The van der Waals surface area contributed by atoms with Gasteiger partial charge in [0.1, 0.15) is 5.75 Å². The number of ether oxygens (including phenoxy) is 1. The number of anilines is 1. The van der Waals surface area contributed by atoms with Gasteiger partial charge in [-0.15, -0.1) is 10.2 Å². The van der Waals surface area contributed by atoms with Crippen LogP contribution in [0.1, 0.15) is 6.92 Å². The number of hydrogen-bond donors (Lipinski definition) is 1. The Morgan fingerprint density at radius 3 is 2.50 bits per heavy atom. The number of thioether (sulfide) groups is 1. The van der Waals surface area contributed by atoms with Crippen molar-refractivity contribution in [2.24, 2.45) is 7.05 Å². The molecule has 1 atom stereocenters. The van der Waals surface area contributed by atoms with Gasteiger partial charge in [-0.1, -0.05) is 54.2 Å². The van der Waals surface area contributed by atoms with E-state index in [0.29, 0.717) is 11.0 Å². The summed E-state index contributed by atoms with van der Waals surface area (Å²) in [6, 6.07) is 15.6. The fraction of sp³-hybridized carbons (Fsp3) is 0.211. The molecule has 3 aromatic rings. The van der Waals surface area contributed by atoms with Crippen molar-refractivity contribution in [3.8, 4) is 17.1 Å². The number of para-hydroxylation sites is 2. The molecule has 0 aliphatic carbocycles. The molecule has 2 aromatic carbocycles. The van der Waals surface area contributed by atoms with E-state index in [1.165, 1.54) is 23.9 Å². The van der Waals surface area contributed by atoms with Gasteiger partial charge in [0.25, 0.3) is 0 Å². The zero-order chi connectivity index (χ0) is 20.1. The number of aromatic nitrogens is 3. The number of benzene rings is 2. The van der Waals surface area contributed by atoms with Crippen LogP contribution < -0.4 is 10.1 Å². The third kappa shape index (κ3) is 4.66. The largest absolute Gasteiger partial charge is 0.433 e. The first-order valence-electron chi connectivity index (χ1n) is 8.42. The first-order valence-corrected chi connectivity index (χ1v) is 9.30. The molecule has 0 saturated heterocycles. The fourth-order valence-electron chi connectivity index (χ4n) is 2.47. The van der Waals surface area contributed by atoms with Crippen LogP contribution in [0, 0.1) is 0 Å². The SMILES string of the molecule is C[C@H](Sc1nnc(-c2ccccc2)n1C)C(=O)Nc1ccccc1OC(F)F. The van der Waals surface area contributed by atoms with Crippen LogP contribution in [-0.4, -0.2) is 32.5 Å². The van der Waals surface area contributed by atoms with E-state index in [2.05, 4.69) is 20.3 Å². The first kappa shape index (κ1) is 19.8. The van der Waals surface area contributed by atoms with Gasteiger partial charge in [0.05, 0.1) is 10.9 Å². The molecule has 9 heteroatoms. The zero-order valence-electron chi connectivity index (χ0n) is 15.2. The predicted octanol–water partition coefficient (Wildman–Crippen LogP) is 4.20. The highest BCUT2D eigenvalue weighted by atomic mass is 32.2. The molecule has 0 unspecified atom stereocenters. The van der Waals surface area contributed by atoms with E-state index < -0.39 is 11.9 Å². The van der Waals surface area contributed by atoms with Gasteiger partial charge in [-0.2, -0.15) is 8.78 Å². The van der Waals surface area contributed by atoms with Gasteiger partial charge in [-0.05, 0) is 19.1 Å². The Kier molecular flexibility index (Phi) is 6.25. The Morgan fingerprint density at radius 1 is 1.11 bits per heavy atom. The number of rotatable bonds is 7. The molecule has 1 N–H and O–H groups in total. The van der Waals surface area contributed by atoms with Gasteiger partial charge in [-0.25, -0.2) is 0 Å². The van der Waals surface area contributed by atoms with Crippen LogP contribution in [0.15, 0.2) is 59.8 Å². The van der Waals surface area contributed by atoms with Gasteiger partial charge >= 0.3 is 6.61 Å². The van der Waals surface area contributed by atoms with E-state index in [-0.39, 0.29) is 17.3 Å². The molecule has 1 aromatic heterocycles. The summed E-state index contributed by atoms with van der Waals surface area (Å²) < 4.78 is 31.3. The molecule has 0 aliphatic rings. The lowest BCUT2D eigenvalue weighted by atomic mass is 10.2. The van der Waals surface area contributed by atoms with Crippen molar-refractivity contribution in [3.05, 3.63) is 54.6 Å². The molecule has 0 aliphatic heterocycles. The number of carbonyl (C=O) groups excluding carboxylic acids is 1. The summed E-state index contributed by atoms with van der Waals surface area (Å²) in [5, 5.41) is 11.0. The number of carbonyl (C=O) groups is 1. The normalized spacial score (nSPS) is 12.0. The summed E-state index contributed by atoms with van der Waals surface area (Å²) in [6.07, 6.45) is 0. The summed E-state index contributed by atoms with van der Waals surface area (Å²) in [5.41, 5.74) is 1.10. The maximum Gasteiger partial charge on any atom is 0.387 e. The van der Waals surface area contributed by atoms with Gasteiger partial charge in [0.2, 0.25) is 5.91 Å². The topological polar surface area (TPSA) is 69.0 Å².